The smallest absolute Gasteiger partial charge is 0.336 e. The second-order valence-electron chi connectivity index (χ2n) is 6.15. The van der Waals surface area contributed by atoms with E-state index in [1.54, 1.807) is 0 Å². The fourth-order valence-electron chi connectivity index (χ4n) is 2.70. The maximum Gasteiger partial charge on any atom is 0.406 e. The Morgan fingerprint density at radius 2 is 1.68 bits per heavy atom. The number of alkyl halides is 3. The summed E-state index contributed by atoms with van der Waals surface area (Å²) in [5.74, 6) is -0.677. The quantitative estimate of drug-likeness (QED) is 0.791. The first kappa shape index (κ1) is 19.7. The van der Waals surface area contributed by atoms with E-state index in [0.29, 0.717) is 23.6 Å². The van der Waals surface area contributed by atoms with Crippen molar-refractivity contribution in [2.24, 2.45) is 0 Å². The molecule has 1 fully saturated rings. The summed E-state index contributed by atoms with van der Waals surface area (Å²) in [5, 5.41) is 0. The number of sulfonamides is 1. The summed E-state index contributed by atoms with van der Waals surface area (Å²) >= 11 is 0. The first-order chi connectivity index (χ1) is 11.6. The molecule has 0 aromatic heterocycles. The first-order valence-corrected chi connectivity index (χ1v) is 9.43. The number of likely N-dealkylation sites (N-methyl/N-ethyl adjacent to an activating group) is 1. The molecule has 0 unspecified atom stereocenters. The summed E-state index contributed by atoms with van der Waals surface area (Å²) in [4.78, 5) is 12.6. The maximum atomic E-state index is 12.5. The molecule has 0 saturated carbocycles. The fourth-order valence-corrected chi connectivity index (χ4v) is 4.22. The van der Waals surface area contributed by atoms with Gasteiger partial charge in [0.25, 0.3) is 0 Å². The highest BCUT2D eigenvalue weighted by Gasteiger charge is 2.31. The van der Waals surface area contributed by atoms with Crippen molar-refractivity contribution in [3.05, 3.63) is 29.8 Å². The third-order valence-corrected chi connectivity index (χ3v) is 5.99. The van der Waals surface area contributed by atoms with E-state index in [2.05, 4.69) is 0 Å². The molecule has 1 amide bonds. The van der Waals surface area contributed by atoms with Crippen molar-refractivity contribution < 1.29 is 26.4 Å². The Balaban J connectivity index is 2.03. The minimum Gasteiger partial charge on any atom is -0.336 e. The van der Waals surface area contributed by atoms with Crippen LogP contribution in [0.2, 0.25) is 0 Å². The van der Waals surface area contributed by atoms with Crippen molar-refractivity contribution in [3.63, 3.8) is 0 Å². The highest BCUT2D eigenvalue weighted by Crippen LogP contribution is 2.21. The number of carbonyl (C=O) groups excluding carboxylic acids is 1. The van der Waals surface area contributed by atoms with E-state index < -0.39 is 28.7 Å². The lowest BCUT2D eigenvalue weighted by molar-refractivity contribution is -0.157. The van der Waals surface area contributed by atoms with Gasteiger partial charge in [-0.1, -0.05) is 18.6 Å². The molecule has 140 valence electrons. The van der Waals surface area contributed by atoms with Gasteiger partial charge in [-0.25, -0.2) is 8.42 Å². The highest BCUT2D eigenvalue weighted by molar-refractivity contribution is 7.89. The summed E-state index contributed by atoms with van der Waals surface area (Å²) in [5.41, 5.74) is 0.469. The van der Waals surface area contributed by atoms with Crippen LogP contribution in [0, 0.1) is 0 Å². The van der Waals surface area contributed by atoms with Gasteiger partial charge >= 0.3 is 6.18 Å². The normalized spacial score (nSPS) is 16.6. The van der Waals surface area contributed by atoms with Gasteiger partial charge in [0, 0.05) is 20.1 Å². The van der Waals surface area contributed by atoms with Crippen LogP contribution in [0.1, 0.15) is 24.8 Å². The van der Waals surface area contributed by atoms with E-state index >= 15 is 0 Å². The summed E-state index contributed by atoms with van der Waals surface area (Å²) in [6.07, 6.45) is -1.99. The van der Waals surface area contributed by atoms with E-state index in [1.165, 1.54) is 28.6 Å². The van der Waals surface area contributed by atoms with Crippen molar-refractivity contribution in [1.29, 1.82) is 0 Å². The molecule has 0 atom stereocenters. The molecule has 25 heavy (non-hydrogen) atoms. The molecule has 1 aromatic rings. The Labute approximate surface area is 145 Å². The number of nitrogens with zero attached hydrogens (tertiary/aromatic N) is 2. The van der Waals surface area contributed by atoms with Crippen LogP contribution < -0.4 is 0 Å². The standard InChI is InChI=1S/C16H21F3N2O3S/c1-20(12-16(17,18)19)15(22)11-13-5-7-14(8-6-13)25(23,24)21-9-3-2-4-10-21/h5-8H,2-4,9-12H2,1H3. The molecule has 1 aromatic carbocycles. The van der Waals surface area contributed by atoms with Crippen molar-refractivity contribution in [3.8, 4) is 0 Å². The minimum atomic E-state index is -4.45. The van der Waals surface area contributed by atoms with Gasteiger partial charge in [-0.05, 0) is 30.5 Å². The summed E-state index contributed by atoms with van der Waals surface area (Å²) in [6, 6.07) is 5.74. The van der Waals surface area contributed by atoms with Gasteiger partial charge in [0.1, 0.15) is 6.54 Å². The maximum absolute atomic E-state index is 12.5. The van der Waals surface area contributed by atoms with Crippen molar-refractivity contribution >= 4 is 15.9 Å². The van der Waals surface area contributed by atoms with Gasteiger partial charge in [-0.15, -0.1) is 0 Å². The number of hydrogen-bond donors (Lipinski definition) is 0. The van der Waals surface area contributed by atoms with Gasteiger partial charge in [0.05, 0.1) is 11.3 Å². The molecule has 9 heteroatoms. The average molecular weight is 378 g/mol. The minimum absolute atomic E-state index is 0.134. The Morgan fingerprint density at radius 1 is 1.12 bits per heavy atom. The van der Waals surface area contributed by atoms with E-state index in [-0.39, 0.29) is 11.3 Å². The van der Waals surface area contributed by atoms with E-state index in [4.69, 9.17) is 0 Å². The van der Waals surface area contributed by atoms with Crippen molar-refractivity contribution in [1.82, 2.24) is 9.21 Å². The number of amides is 1. The van der Waals surface area contributed by atoms with Crippen LogP contribution in [-0.4, -0.2) is 56.4 Å². The highest BCUT2D eigenvalue weighted by atomic mass is 32.2. The number of carbonyl (C=O) groups is 1. The topological polar surface area (TPSA) is 57.7 Å². The van der Waals surface area contributed by atoms with Gasteiger partial charge in [0.2, 0.25) is 15.9 Å². The second kappa shape index (κ2) is 7.74. The largest absolute Gasteiger partial charge is 0.406 e. The van der Waals surface area contributed by atoms with Crippen LogP contribution in [0.3, 0.4) is 0 Å². The van der Waals surface area contributed by atoms with Gasteiger partial charge in [0.15, 0.2) is 0 Å². The number of rotatable bonds is 5. The molecule has 1 aliphatic heterocycles. The van der Waals surface area contributed by atoms with Crippen LogP contribution in [0.25, 0.3) is 0 Å². The second-order valence-corrected chi connectivity index (χ2v) is 8.09. The average Bonchev–Trinajstić information content (AvgIpc) is 2.54. The fraction of sp³-hybridized carbons (Fsp3) is 0.562. The zero-order valence-corrected chi connectivity index (χ0v) is 14.7. The molecule has 0 aliphatic carbocycles. The molecule has 5 nitrogen and oxygen atoms in total. The lowest BCUT2D eigenvalue weighted by Crippen LogP contribution is -2.36. The zero-order chi connectivity index (χ0) is 18.7. The molecule has 1 aliphatic rings. The lowest BCUT2D eigenvalue weighted by atomic mass is 10.1. The summed E-state index contributed by atoms with van der Waals surface area (Å²) in [6.45, 7) is -0.330. The van der Waals surface area contributed by atoms with E-state index in [1.807, 2.05) is 0 Å². The molecular weight excluding hydrogens is 357 g/mol. The summed E-state index contributed by atoms with van der Waals surface area (Å²) in [7, 11) is -2.47. The Morgan fingerprint density at radius 3 is 2.20 bits per heavy atom. The lowest BCUT2D eigenvalue weighted by Gasteiger charge is -2.26. The monoisotopic (exact) mass is 378 g/mol. The molecule has 0 spiro atoms. The number of halogens is 3. The Bertz CT molecular complexity index is 696. The van der Waals surface area contributed by atoms with Crippen LogP contribution in [0.5, 0.6) is 0 Å². The molecular formula is C16H21F3N2O3S. The molecule has 1 saturated heterocycles. The van der Waals surface area contributed by atoms with E-state index in [9.17, 15) is 26.4 Å². The predicted octanol–water partition coefficient (Wildman–Crippen LogP) is 2.42. The van der Waals surface area contributed by atoms with Gasteiger partial charge < -0.3 is 4.90 Å². The van der Waals surface area contributed by atoms with Crippen LogP contribution in [-0.2, 0) is 21.2 Å². The third kappa shape index (κ3) is 5.43. The summed E-state index contributed by atoms with van der Waals surface area (Å²) < 4.78 is 63.4. The Kier molecular flexibility index (Phi) is 6.10. The predicted molar refractivity (Wildman–Crippen MR) is 86.4 cm³/mol. The molecule has 0 radical (unpaired) electrons. The zero-order valence-electron chi connectivity index (χ0n) is 13.9. The molecule has 2 rings (SSSR count). The molecule has 0 N–H and O–H groups in total. The SMILES string of the molecule is CN(CC(F)(F)F)C(=O)Cc1ccc(S(=O)(=O)N2CCCCC2)cc1. The Hall–Kier alpha value is -1.61. The molecule has 0 bridgehead atoms. The molecule has 1 heterocycles. The van der Waals surface area contributed by atoms with Crippen LogP contribution >= 0.6 is 0 Å². The van der Waals surface area contributed by atoms with Crippen molar-refractivity contribution in [2.45, 2.75) is 36.8 Å². The van der Waals surface area contributed by atoms with Crippen molar-refractivity contribution in [2.75, 3.05) is 26.7 Å². The van der Waals surface area contributed by atoms with E-state index in [0.717, 1.165) is 26.3 Å². The third-order valence-electron chi connectivity index (χ3n) is 4.07. The van der Waals surface area contributed by atoms with Crippen LogP contribution in [0.15, 0.2) is 29.2 Å². The number of benzene rings is 1. The van der Waals surface area contributed by atoms with Gasteiger partial charge in [-0.3, -0.25) is 4.79 Å². The van der Waals surface area contributed by atoms with Crippen LogP contribution in [0.4, 0.5) is 13.2 Å². The number of hydrogen-bond acceptors (Lipinski definition) is 3. The van der Waals surface area contributed by atoms with Gasteiger partial charge in [-0.2, -0.15) is 17.5 Å². The first-order valence-electron chi connectivity index (χ1n) is 7.99. The number of piperidine rings is 1.